The largest absolute Gasteiger partial charge is 0.313 e. The number of hydrogen-bond donors (Lipinski definition) is 0. The highest BCUT2D eigenvalue weighted by Crippen LogP contribution is 2.39. The van der Waals surface area contributed by atoms with E-state index in [1.165, 1.54) is 30.5 Å². The van der Waals surface area contributed by atoms with Crippen LogP contribution in [0.15, 0.2) is 11.3 Å². The Hall–Kier alpha value is 0.00494. The average molecular weight is 357 g/mol. The minimum atomic E-state index is -0.171. The van der Waals surface area contributed by atoms with Crippen molar-refractivity contribution in [2.45, 2.75) is 68.2 Å². The van der Waals surface area contributed by atoms with E-state index in [-0.39, 0.29) is 15.3 Å². The number of amides is 1. The van der Waals surface area contributed by atoms with Crippen LogP contribution in [0.1, 0.15) is 58.8 Å². The Labute approximate surface area is 125 Å². The van der Waals surface area contributed by atoms with E-state index < -0.39 is 0 Å². The first-order chi connectivity index (χ1) is 8.41. The van der Waals surface area contributed by atoms with Gasteiger partial charge in [-0.05, 0) is 48.4 Å². The lowest BCUT2D eigenvalue weighted by molar-refractivity contribution is -0.128. The van der Waals surface area contributed by atoms with Gasteiger partial charge in [0.2, 0.25) is 5.91 Å². The molecule has 0 aromatic rings. The Morgan fingerprint density at radius 3 is 2.72 bits per heavy atom. The fourth-order valence-electron chi connectivity index (χ4n) is 3.08. The van der Waals surface area contributed by atoms with Crippen LogP contribution in [0, 0.1) is 0 Å². The molecule has 2 rings (SSSR count). The number of halogens is 1. The van der Waals surface area contributed by atoms with Crippen molar-refractivity contribution in [1.29, 1.82) is 0 Å². The zero-order valence-electron chi connectivity index (χ0n) is 11.3. The van der Waals surface area contributed by atoms with Crippen LogP contribution < -0.4 is 0 Å². The molecule has 2 radical (unpaired) electrons. The monoisotopic (exact) mass is 357 g/mol. The van der Waals surface area contributed by atoms with Gasteiger partial charge in [-0.1, -0.05) is 35.4 Å². The Morgan fingerprint density at radius 2 is 2.06 bits per heavy atom. The van der Waals surface area contributed by atoms with Gasteiger partial charge < -0.3 is 4.90 Å². The minimum absolute atomic E-state index is 0.171. The number of hydrogen-bond acceptors (Lipinski definition) is 1. The molecule has 1 aliphatic carbocycles. The topological polar surface area (TPSA) is 20.3 Å². The number of nitrogens with zero attached hydrogens (tertiary/aromatic N) is 1. The lowest BCUT2D eigenvalue weighted by Crippen LogP contribution is -2.32. The van der Waals surface area contributed by atoms with Crippen LogP contribution in [0.25, 0.3) is 0 Å². The van der Waals surface area contributed by atoms with Crippen molar-refractivity contribution in [3.05, 3.63) is 11.3 Å². The van der Waals surface area contributed by atoms with E-state index in [2.05, 4.69) is 36.4 Å². The summed E-state index contributed by atoms with van der Waals surface area (Å²) in [6, 6.07) is 0.270. The maximum atomic E-state index is 12.1. The fourth-order valence-corrected chi connectivity index (χ4v) is 3.93. The molecule has 1 atom stereocenters. The van der Waals surface area contributed by atoms with Gasteiger partial charge in [0.15, 0.2) is 0 Å². The van der Waals surface area contributed by atoms with E-state index in [0.29, 0.717) is 6.42 Å². The SMILES string of the molecule is [B]C1(I)CCCCCC2=C(CC(=O)N2C(C)C)C1. The Morgan fingerprint density at radius 1 is 1.33 bits per heavy atom. The molecule has 4 heteroatoms. The molecule has 2 nitrogen and oxygen atoms in total. The van der Waals surface area contributed by atoms with Crippen LogP contribution in [0.2, 0.25) is 0 Å². The quantitative estimate of drug-likeness (QED) is 0.400. The van der Waals surface area contributed by atoms with Gasteiger partial charge in [-0.2, -0.15) is 0 Å². The number of carbonyl (C=O) groups excluding carboxylic acids is 1. The van der Waals surface area contributed by atoms with Crippen LogP contribution in [0.5, 0.6) is 0 Å². The highest BCUT2D eigenvalue weighted by molar-refractivity contribution is 14.1. The molecule has 18 heavy (non-hydrogen) atoms. The van der Waals surface area contributed by atoms with E-state index in [4.69, 9.17) is 7.85 Å². The smallest absolute Gasteiger partial charge is 0.231 e. The molecule has 0 spiro atoms. The van der Waals surface area contributed by atoms with E-state index in [1.807, 2.05) is 4.90 Å². The summed E-state index contributed by atoms with van der Waals surface area (Å²) in [6.07, 6.45) is 7.18. The Kier molecular flexibility index (Phi) is 4.45. The molecule has 0 saturated heterocycles. The standard InChI is InChI=1S/C14H21BINO/c1-10(2)17-12-6-4-3-5-7-14(15,16)9-11(12)8-13(17)18/h10H,3-9H2,1-2H3. The molecule has 1 amide bonds. The van der Waals surface area contributed by atoms with E-state index in [0.717, 1.165) is 19.3 Å². The highest BCUT2D eigenvalue weighted by Gasteiger charge is 2.34. The zero-order valence-corrected chi connectivity index (χ0v) is 13.5. The number of allylic oxidation sites excluding steroid dienone is 1. The van der Waals surface area contributed by atoms with Crippen LogP contribution in [0.4, 0.5) is 0 Å². The van der Waals surface area contributed by atoms with Gasteiger partial charge in [-0.25, -0.2) is 0 Å². The summed E-state index contributed by atoms with van der Waals surface area (Å²) in [5.74, 6) is 0.266. The summed E-state index contributed by atoms with van der Waals surface area (Å²) >= 11 is 2.37. The van der Waals surface area contributed by atoms with Crippen molar-refractivity contribution in [3.63, 3.8) is 0 Å². The maximum absolute atomic E-state index is 12.1. The van der Waals surface area contributed by atoms with Gasteiger partial charge in [-0.3, -0.25) is 4.79 Å². The molecule has 1 aliphatic heterocycles. The maximum Gasteiger partial charge on any atom is 0.231 e. The van der Waals surface area contributed by atoms with Gasteiger partial charge >= 0.3 is 0 Å². The van der Waals surface area contributed by atoms with Crippen molar-refractivity contribution in [1.82, 2.24) is 4.90 Å². The first-order valence-electron chi connectivity index (χ1n) is 6.91. The third-order valence-electron chi connectivity index (χ3n) is 3.86. The van der Waals surface area contributed by atoms with Crippen molar-refractivity contribution in [2.24, 2.45) is 0 Å². The molecule has 0 N–H and O–H groups in total. The molecule has 1 unspecified atom stereocenters. The summed E-state index contributed by atoms with van der Waals surface area (Å²) in [7, 11) is 6.36. The first-order valence-corrected chi connectivity index (χ1v) is 7.99. The van der Waals surface area contributed by atoms with Gasteiger partial charge in [0.1, 0.15) is 0 Å². The molecular formula is C14H21BINO. The number of alkyl halides is 1. The molecule has 1 heterocycles. The van der Waals surface area contributed by atoms with E-state index in [1.54, 1.807) is 0 Å². The third-order valence-corrected chi connectivity index (χ3v) is 4.78. The second-order valence-corrected chi connectivity index (χ2v) is 8.00. The van der Waals surface area contributed by atoms with Crippen LogP contribution in [-0.4, -0.2) is 28.0 Å². The van der Waals surface area contributed by atoms with Gasteiger partial charge in [0.25, 0.3) is 0 Å². The van der Waals surface area contributed by atoms with E-state index in [9.17, 15) is 4.79 Å². The van der Waals surface area contributed by atoms with Crippen molar-refractivity contribution in [2.75, 3.05) is 0 Å². The second kappa shape index (κ2) is 5.55. The first kappa shape index (κ1) is 14.4. The molecular weight excluding hydrogens is 336 g/mol. The van der Waals surface area contributed by atoms with Crippen LogP contribution in [0.3, 0.4) is 0 Å². The van der Waals surface area contributed by atoms with E-state index >= 15 is 0 Å². The highest BCUT2D eigenvalue weighted by atomic mass is 127. The Balaban J connectivity index is 2.28. The Bertz CT molecular complexity index is 376. The normalized spacial score (nSPS) is 30.2. The van der Waals surface area contributed by atoms with Gasteiger partial charge in [0, 0.05) is 11.7 Å². The van der Waals surface area contributed by atoms with Crippen LogP contribution >= 0.6 is 22.6 Å². The third kappa shape index (κ3) is 3.12. The fraction of sp³-hybridized carbons (Fsp3) is 0.786. The van der Waals surface area contributed by atoms with Crippen molar-refractivity contribution < 1.29 is 4.79 Å². The summed E-state index contributed by atoms with van der Waals surface area (Å²) < 4.78 is -0.171. The minimum Gasteiger partial charge on any atom is -0.313 e. The zero-order chi connectivity index (χ0) is 13.3. The second-order valence-electron chi connectivity index (χ2n) is 5.86. The van der Waals surface area contributed by atoms with Crippen molar-refractivity contribution in [3.8, 4) is 0 Å². The van der Waals surface area contributed by atoms with Gasteiger partial charge in [-0.15, -0.1) is 0 Å². The molecule has 0 aromatic carbocycles. The molecule has 0 aromatic heterocycles. The van der Waals surface area contributed by atoms with Crippen molar-refractivity contribution >= 4 is 36.3 Å². The lowest BCUT2D eigenvalue weighted by Gasteiger charge is -2.26. The number of carbonyl (C=O) groups is 1. The molecule has 0 saturated carbocycles. The summed E-state index contributed by atoms with van der Waals surface area (Å²) in [4.78, 5) is 14.2. The predicted molar refractivity (Wildman–Crippen MR) is 83.8 cm³/mol. The molecule has 98 valence electrons. The molecule has 0 bridgehead atoms. The number of rotatable bonds is 1. The summed E-state index contributed by atoms with van der Waals surface area (Å²) in [6.45, 7) is 4.19. The lowest BCUT2D eigenvalue weighted by atomic mass is 9.78. The summed E-state index contributed by atoms with van der Waals surface area (Å²) in [5, 5.41) is 0. The molecule has 2 aliphatic rings. The predicted octanol–water partition coefficient (Wildman–Crippen LogP) is 3.54. The van der Waals surface area contributed by atoms with Gasteiger partial charge in [0.05, 0.1) is 14.3 Å². The van der Waals surface area contributed by atoms with Crippen LogP contribution in [-0.2, 0) is 4.79 Å². The molecule has 0 fully saturated rings. The average Bonchev–Trinajstić information content (AvgIpc) is 2.54. The summed E-state index contributed by atoms with van der Waals surface area (Å²) in [5.41, 5.74) is 2.58.